The van der Waals surface area contributed by atoms with Crippen LogP contribution in [0, 0.1) is 0 Å². The highest BCUT2D eigenvalue weighted by molar-refractivity contribution is 6.32. The second-order valence-corrected chi connectivity index (χ2v) is 4.96. The van der Waals surface area contributed by atoms with Crippen molar-refractivity contribution in [2.45, 2.75) is 13.3 Å². The lowest BCUT2D eigenvalue weighted by Crippen LogP contribution is -2.05. The largest absolute Gasteiger partial charge is 0.434 e. The number of rotatable bonds is 5. The van der Waals surface area contributed by atoms with Crippen molar-refractivity contribution in [2.24, 2.45) is 0 Å². The van der Waals surface area contributed by atoms with Gasteiger partial charge in [0, 0.05) is 18.9 Å². The van der Waals surface area contributed by atoms with Gasteiger partial charge in [0.15, 0.2) is 0 Å². The van der Waals surface area contributed by atoms with E-state index in [4.69, 9.17) is 16.3 Å². The molecule has 0 unspecified atom stereocenters. The number of hydrogen-bond donors (Lipinski definition) is 1. The third-order valence-electron chi connectivity index (χ3n) is 2.94. The van der Waals surface area contributed by atoms with E-state index in [0.717, 1.165) is 18.8 Å². The molecule has 0 radical (unpaired) electrons. The number of hydrogen-bond acceptors (Lipinski definition) is 4. The van der Waals surface area contributed by atoms with Crippen LogP contribution < -0.4 is 10.1 Å². The molecule has 0 amide bonds. The standard InChI is InChI=1S/C15H15ClN4O/c1-2-7-17-13-10-20-9-8-18-14(20)15(19-13)21-12-6-4-3-5-11(12)16/h3-6,8-10,17H,2,7H2,1H3. The summed E-state index contributed by atoms with van der Waals surface area (Å²) >= 11 is 6.13. The Morgan fingerprint density at radius 2 is 2.19 bits per heavy atom. The van der Waals surface area contributed by atoms with Crippen LogP contribution in [0.1, 0.15) is 13.3 Å². The van der Waals surface area contributed by atoms with Crippen LogP contribution in [-0.4, -0.2) is 20.9 Å². The molecule has 5 nitrogen and oxygen atoms in total. The number of anilines is 1. The fraction of sp³-hybridized carbons (Fsp3) is 0.200. The number of benzene rings is 1. The lowest BCUT2D eigenvalue weighted by Gasteiger charge is -2.10. The van der Waals surface area contributed by atoms with Gasteiger partial charge < -0.3 is 10.1 Å². The van der Waals surface area contributed by atoms with Crippen LogP contribution >= 0.6 is 11.6 Å². The molecule has 3 aromatic rings. The maximum atomic E-state index is 6.13. The van der Waals surface area contributed by atoms with Crippen molar-refractivity contribution < 1.29 is 4.74 Å². The van der Waals surface area contributed by atoms with Crippen LogP contribution in [0.3, 0.4) is 0 Å². The van der Waals surface area contributed by atoms with Crippen molar-refractivity contribution in [3.05, 3.63) is 47.9 Å². The summed E-state index contributed by atoms with van der Waals surface area (Å²) < 4.78 is 7.71. The number of halogens is 1. The van der Waals surface area contributed by atoms with Crippen molar-refractivity contribution in [3.8, 4) is 11.6 Å². The molecule has 1 aromatic carbocycles. The van der Waals surface area contributed by atoms with Gasteiger partial charge in [-0.3, -0.25) is 4.40 Å². The lowest BCUT2D eigenvalue weighted by atomic mass is 10.3. The minimum atomic E-state index is 0.425. The molecule has 108 valence electrons. The van der Waals surface area contributed by atoms with Crippen LogP contribution in [0.25, 0.3) is 5.65 Å². The summed E-state index contributed by atoms with van der Waals surface area (Å²) in [5, 5.41) is 3.78. The van der Waals surface area contributed by atoms with Crippen LogP contribution in [0.2, 0.25) is 5.02 Å². The number of ether oxygens (including phenoxy) is 1. The third kappa shape index (κ3) is 2.92. The summed E-state index contributed by atoms with van der Waals surface area (Å²) in [7, 11) is 0. The molecule has 3 rings (SSSR count). The SMILES string of the molecule is CCCNc1cn2ccnc2c(Oc2ccccc2Cl)n1. The molecule has 0 aliphatic carbocycles. The van der Waals surface area contributed by atoms with Crippen molar-refractivity contribution in [2.75, 3.05) is 11.9 Å². The molecule has 0 bridgehead atoms. The van der Waals surface area contributed by atoms with E-state index >= 15 is 0 Å². The Bertz CT molecular complexity index is 756. The molecule has 6 heteroatoms. The highest BCUT2D eigenvalue weighted by Crippen LogP contribution is 2.30. The van der Waals surface area contributed by atoms with Gasteiger partial charge in [0.1, 0.15) is 11.6 Å². The van der Waals surface area contributed by atoms with E-state index in [1.165, 1.54) is 0 Å². The Labute approximate surface area is 127 Å². The third-order valence-corrected chi connectivity index (χ3v) is 3.25. The molecule has 2 heterocycles. The van der Waals surface area contributed by atoms with E-state index in [0.29, 0.717) is 22.3 Å². The molecule has 1 N–H and O–H groups in total. The topological polar surface area (TPSA) is 51.5 Å². The Balaban J connectivity index is 2.00. The summed E-state index contributed by atoms with van der Waals surface area (Å²) in [5.74, 6) is 1.72. The van der Waals surface area contributed by atoms with Crippen molar-refractivity contribution >= 4 is 23.1 Å². The zero-order valence-corrected chi connectivity index (χ0v) is 12.3. The second kappa shape index (κ2) is 6.01. The Hall–Kier alpha value is -2.27. The first kappa shape index (κ1) is 13.7. The molecule has 0 atom stereocenters. The predicted octanol–water partition coefficient (Wildman–Crippen LogP) is 4.00. The van der Waals surface area contributed by atoms with Crippen LogP contribution in [0.4, 0.5) is 5.82 Å². The first-order valence-electron chi connectivity index (χ1n) is 6.78. The van der Waals surface area contributed by atoms with Crippen molar-refractivity contribution in [3.63, 3.8) is 0 Å². The fourth-order valence-corrected chi connectivity index (χ4v) is 2.12. The summed E-state index contributed by atoms with van der Waals surface area (Å²) in [4.78, 5) is 8.74. The summed E-state index contributed by atoms with van der Waals surface area (Å²) in [6, 6.07) is 7.30. The molecule has 0 fully saturated rings. The van der Waals surface area contributed by atoms with E-state index in [-0.39, 0.29) is 0 Å². The zero-order valence-electron chi connectivity index (χ0n) is 11.6. The smallest absolute Gasteiger partial charge is 0.265 e. The number of aromatic nitrogens is 3. The van der Waals surface area contributed by atoms with Gasteiger partial charge in [-0.15, -0.1) is 0 Å². The lowest BCUT2D eigenvalue weighted by molar-refractivity contribution is 0.466. The van der Waals surface area contributed by atoms with Crippen molar-refractivity contribution in [1.29, 1.82) is 0 Å². The van der Waals surface area contributed by atoms with Crippen molar-refractivity contribution in [1.82, 2.24) is 14.4 Å². The maximum absolute atomic E-state index is 6.13. The second-order valence-electron chi connectivity index (χ2n) is 4.55. The predicted molar refractivity (Wildman–Crippen MR) is 83.3 cm³/mol. The van der Waals surface area contributed by atoms with E-state index in [1.54, 1.807) is 18.3 Å². The number of fused-ring (bicyclic) bond motifs is 1. The number of para-hydroxylation sites is 1. The van der Waals surface area contributed by atoms with Crippen LogP contribution in [0.5, 0.6) is 11.6 Å². The monoisotopic (exact) mass is 302 g/mol. The van der Waals surface area contributed by atoms with Gasteiger partial charge in [-0.25, -0.2) is 4.98 Å². The highest BCUT2D eigenvalue weighted by Gasteiger charge is 2.11. The van der Waals surface area contributed by atoms with Crippen LogP contribution in [-0.2, 0) is 0 Å². The number of nitrogens with zero attached hydrogens (tertiary/aromatic N) is 3. The zero-order chi connectivity index (χ0) is 14.7. The number of nitrogens with one attached hydrogen (secondary N) is 1. The molecule has 21 heavy (non-hydrogen) atoms. The normalized spacial score (nSPS) is 10.8. The van der Waals surface area contributed by atoms with Gasteiger partial charge in [0.2, 0.25) is 5.65 Å². The average Bonchev–Trinajstić information content (AvgIpc) is 2.96. The minimum Gasteiger partial charge on any atom is -0.434 e. The maximum Gasteiger partial charge on any atom is 0.265 e. The molecule has 0 saturated carbocycles. The molecule has 0 spiro atoms. The Kier molecular flexibility index (Phi) is 3.92. The number of imidazole rings is 1. The minimum absolute atomic E-state index is 0.425. The first-order valence-corrected chi connectivity index (χ1v) is 7.15. The molecule has 0 saturated heterocycles. The summed E-state index contributed by atoms with van der Waals surface area (Å²) in [5.41, 5.74) is 0.650. The Morgan fingerprint density at radius 1 is 1.33 bits per heavy atom. The molecule has 2 aromatic heterocycles. The Morgan fingerprint density at radius 3 is 3.00 bits per heavy atom. The van der Waals surface area contributed by atoms with Gasteiger partial charge in [-0.2, -0.15) is 4.98 Å². The van der Waals surface area contributed by atoms with E-state index in [9.17, 15) is 0 Å². The van der Waals surface area contributed by atoms with Gasteiger partial charge in [-0.1, -0.05) is 30.7 Å². The molecule has 0 aliphatic rings. The average molecular weight is 303 g/mol. The fourth-order valence-electron chi connectivity index (χ4n) is 1.94. The van der Waals surface area contributed by atoms with Gasteiger partial charge in [-0.05, 0) is 18.6 Å². The van der Waals surface area contributed by atoms with E-state index < -0.39 is 0 Å². The van der Waals surface area contributed by atoms with Gasteiger partial charge in [0.05, 0.1) is 11.2 Å². The quantitative estimate of drug-likeness (QED) is 0.774. The first-order chi connectivity index (χ1) is 10.3. The summed E-state index contributed by atoms with van der Waals surface area (Å²) in [6.07, 6.45) is 6.47. The van der Waals surface area contributed by atoms with E-state index in [1.807, 2.05) is 28.9 Å². The van der Waals surface area contributed by atoms with Gasteiger partial charge >= 0.3 is 0 Å². The molecular weight excluding hydrogens is 288 g/mol. The van der Waals surface area contributed by atoms with E-state index in [2.05, 4.69) is 22.2 Å². The highest BCUT2D eigenvalue weighted by atomic mass is 35.5. The molecular formula is C15H15ClN4O. The van der Waals surface area contributed by atoms with Gasteiger partial charge in [0.25, 0.3) is 5.88 Å². The molecule has 0 aliphatic heterocycles. The summed E-state index contributed by atoms with van der Waals surface area (Å²) in [6.45, 7) is 2.95. The van der Waals surface area contributed by atoms with Crippen LogP contribution in [0.15, 0.2) is 42.9 Å².